The van der Waals surface area contributed by atoms with Gasteiger partial charge in [-0.3, -0.25) is 14.4 Å². The normalized spacial score (nSPS) is 30.3. The van der Waals surface area contributed by atoms with E-state index in [2.05, 4.69) is 45.1 Å². The number of hydrogen-bond donors (Lipinski definition) is 3. The molecule has 0 unspecified atom stereocenters. The third-order valence-electron chi connectivity index (χ3n) is 27.3. The van der Waals surface area contributed by atoms with E-state index in [-0.39, 0.29) is 174 Å². The van der Waals surface area contributed by atoms with Gasteiger partial charge in [0.15, 0.2) is 17.2 Å². The minimum absolute atomic E-state index is 0. The molecule has 18 atom stereocenters. The quantitative estimate of drug-likeness (QED) is 0.0841. The van der Waals surface area contributed by atoms with Crippen LogP contribution < -0.4 is 58.6 Å². The van der Waals surface area contributed by atoms with E-state index >= 15 is 0 Å². The Morgan fingerprint density at radius 1 is 0.378 bits per heavy atom. The number of halogens is 6. The van der Waals surface area contributed by atoms with Gasteiger partial charge in [0.25, 0.3) is 0 Å². The Hall–Kier alpha value is -9.56. The summed E-state index contributed by atoms with van der Waals surface area (Å²) in [5, 5.41) is 8.31. The van der Waals surface area contributed by atoms with Gasteiger partial charge in [0.1, 0.15) is 87.9 Å². The van der Waals surface area contributed by atoms with Gasteiger partial charge in [-0.25, -0.2) is 63.1 Å². The third-order valence-corrected chi connectivity index (χ3v) is 27.3. The molecule has 6 amide bonds. The van der Waals surface area contributed by atoms with Crippen molar-refractivity contribution in [1.29, 1.82) is 0 Å². The zero-order chi connectivity index (χ0) is 94.4. The second-order valence-corrected chi connectivity index (χ2v) is 40.2. The minimum atomic E-state index is -3.84. The van der Waals surface area contributed by atoms with Gasteiger partial charge in [-0.1, -0.05) is 140 Å². The van der Waals surface area contributed by atoms with Crippen LogP contribution >= 0.6 is 0 Å². The molecule has 3 N–H and O–H groups in total. The third kappa shape index (κ3) is 22.3. The van der Waals surface area contributed by atoms with Crippen molar-refractivity contribution in [3.63, 3.8) is 0 Å². The number of rotatable bonds is 3. The van der Waals surface area contributed by atoms with Crippen molar-refractivity contribution < 1.29 is 182 Å². The molecule has 3 aromatic carbocycles. The Labute approximate surface area is 812 Å². The standard InChI is InChI=1S/C32H39F2N4O7.C31H37F2N4O7.C30H35F2N4O7.3V/c1-17-21(16-39)38-15-24(17)42-28-20(35-19-13-14-23-26(25(19)36-28)45-32(33,34)44-23)11-7-5-6-9-18-10-8-12-22(18)43-30(41)37-27(29(38)40)31(2,3)4;1-16-20(15-38)37-14-22(16)41-26-19(34-18-11-12-21-24(23(18)35-26)43-31(32,33)42-21)10-8-6-7-9-17-13-30(17,5)44-28(40)36-25(27(37)39)29(2,3)4;1-15-19(14-37)36-13-22(15)40-26-18(33-17-10-11-20-24(23(17)34-26)43-30(31,32)42-20)9-7-5-6-8-16-12-21(16)41-28(39)35-25(27(36)38)29(2,3)4;;;/h13-14,17-18,21-22,24,27H,5-12,15H2,1-4H3,(H,37,41);11-12,16-17,20,22,25H,6-10,13-14H2,1-5H3,(H,36,40);10-11,15-16,19,21-22,25H,5-9,12-13H2,1-4H3,(H,35,39);;;/q3*-1;;;/t17-,18+,21+,22+,24-,27+;16-,17+,20+,22-,25+,30+;15-,16+,19+,21+,22-,25+;;;/m000.../s1. The van der Waals surface area contributed by atoms with Crippen LogP contribution in [0.4, 0.5) is 40.7 Å². The zero-order valence-corrected chi connectivity index (χ0v) is 81.4. The molecule has 6 aromatic rings. The van der Waals surface area contributed by atoms with E-state index in [9.17, 15) is 69.5 Å². The van der Waals surface area contributed by atoms with Crippen LogP contribution in [0.2, 0.25) is 0 Å². The molecular weight excluding hydrogens is 1890 g/mol. The number of alkyl halides is 6. The van der Waals surface area contributed by atoms with E-state index in [0.29, 0.717) is 52.9 Å². The molecule has 18 rings (SSSR count). The first-order valence-corrected chi connectivity index (χ1v) is 45.6. The largest absolute Gasteiger partial charge is 0.586 e. The molecule has 9 aliphatic heterocycles. The van der Waals surface area contributed by atoms with E-state index in [1.165, 1.54) is 32.9 Å². The molecule has 6 fully saturated rings. The number of carbonyl (C=O) groups excluding carboxylic acids is 9. The van der Waals surface area contributed by atoms with Crippen LogP contribution in [0, 0.1) is 51.8 Å². The minimum Gasteiger partial charge on any atom is -0.540 e. The van der Waals surface area contributed by atoms with E-state index in [1.54, 1.807) is 39.0 Å². The SMILES string of the molecule is C[C@@H]1[C@@H]2CN(C(=O)[C@H](C(C)(C)C)NC(=O)O[C@@H]3CCC[C@H]3CCCCCc3nc4ccc5c(c4nc3O2)OC(F)(F)O5)[C@@H]1[C-]=O.C[C@@H]1[C@@H]2CN(C(=O)[C@H](C(C)(C)C)NC(=O)O[C@@H]3C[C@H]3CCCCCc3nc4ccc5c(c4nc3O2)OC(F)(F)O5)[C@@H]1[C-]=O.C[C@@H]1[C@@H]2CN(C(=O)[C@H](C(C)(C)C)NC(=O)O[C@]3(C)C[C@H]3CCCCCc3nc4ccc5c(c4nc3O2)OC(F)(F)O5)[C@@H]1[C-]=O.[V].[V].[V]. The average Bonchev–Trinajstić information content (AvgIpc) is 1.65. The average molecular weight is 2000 g/mol. The fourth-order valence-electron chi connectivity index (χ4n) is 19.5. The number of fused-ring (bicyclic) bond motifs is 21. The second-order valence-electron chi connectivity index (χ2n) is 40.2. The summed E-state index contributed by atoms with van der Waals surface area (Å²) in [5.74, 6) is -3.00. The van der Waals surface area contributed by atoms with Crippen LogP contribution in [0.5, 0.6) is 52.1 Å². The molecule has 33 nitrogen and oxygen atoms in total. The van der Waals surface area contributed by atoms with Crippen molar-refractivity contribution in [3.8, 4) is 52.1 Å². The number of ether oxygens (including phenoxy) is 12. The number of nitrogens with zero attached hydrogens (tertiary/aromatic N) is 9. The number of benzene rings is 3. The maximum absolute atomic E-state index is 14.0. The van der Waals surface area contributed by atoms with Crippen molar-refractivity contribution >= 4 is 88.0 Å². The molecule has 3 saturated heterocycles. The van der Waals surface area contributed by atoms with Crippen LogP contribution in [0.3, 0.4) is 0 Å². The summed E-state index contributed by atoms with van der Waals surface area (Å²) in [5.41, 5.74) is 0.127. The van der Waals surface area contributed by atoms with E-state index in [4.69, 9.17) is 57.6 Å². The molecule has 135 heavy (non-hydrogen) atoms. The summed E-state index contributed by atoms with van der Waals surface area (Å²) in [6.07, 6.45) is 6.05. The topological polar surface area (TPSA) is 388 Å². The number of alkyl carbamates (subject to hydrolysis) is 3. The molecule has 12 aliphatic rings. The molecule has 42 heteroatoms. The summed E-state index contributed by atoms with van der Waals surface area (Å²) >= 11 is 0. The summed E-state index contributed by atoms with van der Waals surface area (Å²) < 4.78 is 148. The van der Waals surface area contributed by atoms with Gasteiger partial charge in [-0.15, -0.1) is 26.3 Å². The van der Waals surface area contributed by atoms with Gasteiger partial charge in [0.2, 0.25) is 52.6 Å². The van der Waals surface area contributed by atoms with Gasteiger partial charge in [0.05, 0.1) is 36.2 Å². The van der Waals surface area contributed by atoms with E-state index in [0.717, 1.165) is 109 Å². The van der Waals surface area contributed by atoms with Gasteiger partial charge in [0, 0.05) is 61.6 Å². The van der Waals surface area contributed by atoms with Gasteiger partial charge < -0.3 is 102 Å². The molecule has 6 bridgehead atoms. The molecule has 3 aliphatic carbocycles. The molecule has 3 radical (unpaired) electrons. The predicted octanol–water partition coefficient (Wildman–Crippen LogP) is 14.1. The number of hydrogen-bond acceptors (Lipinski definition) is 27. The molecule has 12 heterocycles. The number of amides is 6. The van der Waals surface area contributed by atoms with E-state index < -0.39 is 149 Å². The summed E-state index contributed by atoms with van der Waals surface area (Å²) in [6, 6.07) is 2.93. The fraction of sp³-hybridized carbons (Fsp3) is 0.645. The molecule has 3 saturated carbocycles. The Balaban J connectivity index is 0.000000170. The maximum atomic E-state index is 14.0. The Bertz CT molecular complexity index is 5490. The summed E-state index contributed by atoms with van der Waals surface area (Å²) in [6.45, 7) is 23.6. The van der Waals surface area contributed by atoms with Gasteiger partial charge in [-0.05, 0) is 179 Å². The van der Waals surface area contributed by atoms with Gasteiger partial charge in [-0.2, -0.15) is 0 Å². The fourth-order valence-corrected chi connectivity index (χ4v) is 19.5. The van der Waals surface area contributed by atoms with Gasteiger partial charge >= 0.3 is 37.2 Å². The van der Waals surface area contributed by atoms with Crippen LogP contribution in [-0.4, -0.2) is 210 Å². The van der Waals surface area contributed by atoms with Crippen molar-refractivity contribution in [3.05, 3.63) is 53.5 Å². The summed E-state index contributed by atoms with van der Waals surface area (Å²) in [4.78, 5) is 150. The maximum Gasteiger partial charge on any atom is 0.586 e. The van der Waals surface area contributed by atoms with Crippen molar-refractivity contribution in [2.75, 3.05) is 19.6 Å². The van der Waals surface area contributed by atoms with Crippen LogP contribution in [0.15, 0.2) is 36.4 Å². The molecule has 729 valence electrons. The molecule has 0 spiro atoms. The number of aromatic nitrogens is 6. The molecule has 3 aromatic heterocycles. The smallest absolute Gasteiger partial charge is 0.540 e. The monoisotopic (exact) mass is 2000 g/mol. The zero-order valence-electron chi connectivity index (χ0n) is 77.3. The molecular formula is C93H111F6N12O21V3-3. The first-order valence-electron chi connectivity index (χ1n) is 45.6. The second kappa shape index (κ2) is 40.1. The number of carbonyl (C=O) groups is 6. The Morgan fingerprint density at radius 3 is 1.05 bits per heavy atom. The summed E-state index contributed by atoms with van der Waals surface area (Å²) in [7, 11) is 0. The van der Waals surface area contributed by atoms with Crippen LogP contribution in [0.1, 0.15) is 216 Å². The number of nitrogens with one attached hydrogen (secondary N) is 3. The first kappa shape index (κ1) is 103. The van der Waals surface area contributed by atoms with Crippen molar-refractivity contribution in [1.82, 2.24) is 60.6 Å². The van der Waals surface area contributed by atoms with Crippen molar-refractivity contribution in [2.24, 2.45) is 51.8 Å². The van der Waals surface area contributed by atoms with Crippen molar-refractivity contribution in [2.45, 2.75) is 310 Å². The predicted molar refractivity (Wildman–Crippen MR) is 456 cm³/mol. The number of aryl methyl sites for hydroxylation is 3. The Morgan fingerprint density at radius 2 is 0.704 bits per heavy atom. The van der Waals surface area contributed by atoms with Crippen LogP contribution in [-0.2, 0) is 118 Å². The first-order chi connectivity index (χ1) is 62.4. The Kier molecular flexibility index (Phi) is 30.6. The van der Waals surface area contributed by atoms with E-state index in [1.807, 2.05) is 88.1 Å². The van der Waals surface area contributed by atoms with Crippen LogP contribution in [0.25, 0.3) is 33.1 Å².